The van der Waals surface area contributed by atoms with Gasteiger partial charge in [0.05, 0.1) is 0 Å². The van der Waals surface area contributed by atoms with Gasteiger partial charge in [-0.15, -0.1) is 0 Å². The average Bonchev–Trinajstić information content (AvgIpc) is 2.18. The molecule has 1 saturated heterocycles. The molecule has 1 rings (SSSR count). The van der Waals surface area contributed by atoms with Gasteiger partial charge in [0, 0.05) is 12.6 Å². The van der Waals surface area contributed by atoms with E-state index < -0.39 is 0 Å². The van der Waals surface area contributed by atoms with Crippen LogP contribution in [0.15, 0.2) is 0 Å². The largest absolute Gasteiger partial charge is 0.306 e. The van der Waals surface area contributed by atoms with Crippen LogP contribution in [0.3, 0.4) is 0 Å². The molecule has 0 bridgehead atoms. The highest BCUT2D eigenvalue weighted by Crippen LogP contribution is 2.22. The van der Waals surface area contributed by atoms with Gasteiger partial charge in [0.15, 0.2) is 0 Å². The fraction of sp³-hybridized carbons (Fsp3) is 1.00. The normalized spacial score (nSPS) is 21.2. The second-order valence-corrected chi connectivity index (χ2v) is 6.09. The zero-order chi connectivity index (χ0) is 11.5. The Morgan fingerprint density at radius 1 is 1.33 bits per heavy atom. The first-order valence-electron chi connectivity index (χ1n) is 5.94. The van der Waals surface area contributed by atoms with Gasteiger partial charge in [0.1, 0.15) is 0 Å². The molecule has 1 heterocycles. The van der Waals surface area contributed by atoms with Crippen molar-refractivity contribution in [1.29, 1.82) is 0 Å². The molecule has 0 aromatic heterocycles. The second-order valence-electron chi connectivity index (χ2n) is 5.77. The number of hydrogen-bond acceptors (Lipinski definition) is 3. The van der Waals surface area contributed by atoms with Crippen molar-refractivity contribution in [3.05, 3.63) is 0 Å². The van der Waals surface area contributed by atoms with E-state index in [2.05, 4.69) is 50.4 Å². The van der Waals surface area contributed by atoms with Crippen LogP contribution in [0.2, 0.25) is 0 Å². The molecule has 0 atom stereocenters. The SMILES string of the molecule is CN1CCC(N(C)CC(C)(C)CS)CC1. The first-order chi connectivity index (χ1) is 6.94. The lowest BCUT2D eigenvalue weighted by atomic mass is 9.93. The highest BCUT2D eigenvalue weighted by molar-refractivity contribution is 7.80. The first kappa shape index (κ1) is 13.3. The maximum atomic E-state index is 4.42. The standard InChI is InChI=1S/C12H26N2S/c1-12(2,10-15)9-14(4)11-5-7-13(3)8-6-11/h11,15H,5-10H2,1-4H3. The van der Waals surface area contributed by atoms with E-state index in [1.807, 2.05) is 0 Å². The van der Waals surface area contributed by atoms with Gasteiger partial charge in [-0.25, -0.2) is 0 Å². The third-order valence-electron chi connectivity index (χ3n) is 3.42. The van der Waals surface area contributed by atoms with Gasteiger partial charge >= 0.3 is 0 Å². The molecule has 3 heteroatoms. The monoisotopic (exact) mass is 230 g/mol. The summed E-state index contributed by atoms with van der Waals surface area (Å²) in [6, 6.07) is 0.778. The quantitative estimate of drug-likeness (QED) is 0.738. The summed E-state index contributed by atoms with van der Waals surface area (Å²) < 4.78 is 0. The molecule has 1 aliphatic rings. The van der Waals surface area contributed by atoms with Crippen molar-refractivity contribution in [1.82, 2.24) is 9.80 Å². The van der Waals surface area contributed by atoms with E-state index in [1.54, 1.807) is 0 Å². The summed E-state index contributed by atoms with van der Waals surface area (Å²) in [5.74, 6) is 0.962. The Balaban J connectivity index is 2.37. The zero-order valence-corrected chi connectivity index (χ0v) is 11.6. The van der Waals surface area contributed by atoms with E-state index in [0.29, 0.717) is 5.41 Å². The number of nitrogens with zero attached hydrogens (tertiary/aromatic N) is 2. The molecular formula is C12H26N2S. The maximum absolute atomic E-state index is 4.42. The number of thiol groups is 1. The van der Waals surface area contributed by atoms with Gasteiger partial charge in [-0.1, -0.05) is 13.8 Å². The first-order valence-corrected chi connectivity index (χ1v) is 6.57. The lowest BCUT2D eigenvalue weighted by Crippen LogP contribution is -2.45. The van der Waals surface area contributed by atoms with Crippen LogP contribution >= 0.6 is 12.6 Å². The molecule has 0 N–H and O–H groups in total. The number of rotatable bonds is 4. The molecule has 2 nitrogen and oxygen atoms in total. The third-order valence-corrected chi connectivity index (χ3v) is 4.27. The van der Waals surface area contributed by atoms with Gasteiger partial charge in [-0.2, -0.15) is 12.6 Å². The molecule has 0 aromatic rings. The molecule has 0 saturated carbocycles. The van der Waals surface area contributed by atoms with Crippen LogP contribution in [-0.2, 0) is 0 Å². The van der Waals surface area contributed by atoms with Crippen LogP contribution in [0.25, 0.3) is 0 Å². The Morgan fingerprint density at radius 3 is 2.33 bits per heavy atom. The van der Waals surface area contributed by atoms with Crippen molar-refractivity contribution in [3.8, 4) is 0 Å². The number of likely N-dealkylation sites (tertiary alicyclic amines) is 1. The van der Waals surface area contributed by atoms with Crippen LogP contribution in [0, 0.1) is 5.41 Å². The summed E-state index contributed by atoms with van der Waals surface area (Å²) in [6.45, 7) is 8.24. The fourth-order valence-corrected chi connectivity index (χ4v) is 2.39. The van der Waals surface area contributed by atoms with Crippen molar-refractivity contribution in [2.24, 2.45) is 5.41 Å². The topological polar surface area (TPSA) is 6.48 Å². The minimum absolute atomic E-state index is 0.335. The van der Waals surface area contributed by atoms with E-state index in [-0.39, 0.29) is 0 Å². The summed E-state index contributed by atoms with van der Waals surface area (Å²) in [7, 11) is 4.48. The lowest BCUT2D eigenvalue weighted by molar-refractivity contribution is 0.114. The van der Waals surface area contributed by atoms with Crippen LogP contribution in [0.1, 0.15) is 26.7 Å². The van der Waals surface area contributed by atoms with Gasteiger partial charge in [-0.3, -0.25) is 0 Å². The Morgan fingerprint density at radius 2 is 1.87 bits per heavy atom. The molecule has 0 unspecified atom stereocenters. The van der Waals surface area contributed by atoms with E-state index in [0.717, 1.165) is 18.3 Å². The molecular weight excluding hydrogens is 204 g/mol. The zero-order valence-electron chi connectivity index (χ0n) is 10.7. The van der Waals surface area contributed by atoms with E-state index >= 15 is 0 Å². The van der Waals surface area contributed by atoms with Gasteiger partial charge in [0.25, 0.3) is 0 Å². The molecule has 0 amide bonds. The Kier molecular flexibility index (Phi) is 4.94. The van der Waals surface area contributed by atoms with Crippen molar-refractivity contribution in [2.75, 3.05) is 39.5 Å². The molecule has 1 fully saturated rings. The van der Waals surface area contributed by atoms with Crippen molar-refractivity contribution in [2.45, 2.75) is 32.7 Å². The van der Waals surface area contributed by atoms with Crippen LogP contribution in [-0.4, -0.2) is 55.3 Å². The van der Waals surface area contributed by atoms with Crippen LogP contribution in [0.4, 0.5) is 0 Å². The lowest BCUT2D eigenvalue weighted by Gasteiger charge is -2.38. The number of hydrogen-bond donors (Lipinski definition) is 1. The molecule has 15 heavy (non-hydrogen) atoms. The average molecular weight is 230 g/mol. The third kappa shape index (κ3) is 4.33. The van der Waals surface area contributed by atoms with Gasteiger partial charge in [0.2, 0.25) is 0 Å². The van der Waals surface area contributed by atoms with E-state index in [9.17, 15) is 0 Å². The smallest absolute Gasteiger partial charge is 0.0117 e. The minimum atomic E-state index is 0.335. The highest BCUT2D eigenvalue weighted by atomic mass is 32.1. The molecule has 0 spiro atoms. The summed E-state index contributed by atoms with van der Waals surface area (Å²) in [5.41, 5.74) is 0.335. The molecule has 90 valence electrons. The molecule has 1 aliphatic heterocycles. The fourth-order valence-electron chi connectivity index (χ4n) is 2.29. The number of piperidine rings is 1. The van der Waals surface area contributed by atoms with Gasteiger partial charge in [-0.05, 0) is 51.2 Å². The molecule has 0 radical (unpaired) electrons. The summed E-state index contributed by atoms with van der Waals surface area (Å²) >= 11 is 4.42. The summed E-state index contributed by atoms with van der Waals surface area (Å²) in [5, 5.41) is 0. The molecule has 0 aliphatic carbocycles. The van der Waals surface area contributed by atoms with Crippen molar-refractivity contribution >= 4 is 12.6 Å². The van der Waals surface area contributed by atoms with Crippen molar-refractivity contribution < 1.29 is 0 Å². The summed E-state index contributed by atoms with van der Waals surface area (Å²) in [6.07, 6.45) is 2.63. The van der Waals surface area contributed by atoms with E-state index in [1.165, 1.54) is 25.9 Å². The van der Waals surface area contributed by atoms with Crippen molar-refractivity contribution in [3.63, 3.8) is 0 Å². The highest BCUT2D eigenvalue weighted by Gasteiger charge is 2.25. The second kappa shape index (κ2) is 5.55. The molecule has 0 aromatic carbocycles. The Labute approximate surface area is 100 Å². The van der Waals surface area contributed by atoms with Crippen LogP contribution < -0.4 is 0 Å². The minimum Gasteiger partial charge on any atom is -0.306 e. The van der Waals surface area contributed by atoms with Gasteiger partial charge < -0.3 is 9.80 Å². The van der Waals surface area contributed by atoms with Crippen LogP contribution in [0.5, 0.6) is 0 Å². The maximum Gasteiger partial charge on any atom is 0.0117 e. The van der Waals surface area contributed by atoms with E-state index in [4.69, 9.17) is 0 Å². The predicted octanol–water partition coefficient (Wildman–Crippen LogP) is 1.97. The Bertz CT molecular complexity index is 186. The predicted molar refractivity (Wildman–Crippen MR) is 70.8 cm³/mol. The summed E-state index contributed by atoms with van der Waals surface area (Å²) in [4.78, 5) is 4.96. The Hall–Kier alpha value is 0.270.